The van der Waals surface area contributed by atoms with E-state index in [1.165, 1.54) is 10.5 Å². The summed E-state index contributed by atoms with van der Waals surface area (Å²) in [4.78, 5) is 17.9. The molecule has 2 aromatic rings. The van der Waals surface area contributed by atoms with Gasteiger partial charge in [-0.25, -0.2) is 4.99 Å². The molecule has 7 heteroatoms. The molecule has 2 N–H and O–H groups in total. The largest absolute Gasteiger partial charge is 0.469 e. The van der Waals surface area contributed by atoms with Crippen LogP contribution in [-0.2, 0) is 16.6 Å². The Balaban J connectivity index is 1.61. The van der Waals surface area contributed by atoms with Crippen LogP contribution in [0.15, 0.2) is 52.1 Å². The highest BCUT2D eigenvalue weighted by molar-refractivity contribution is 6.30. The molecule has 0 bridgehead atoms. The van der Waals surface area contributed by atoms with E-state index >= 15 is 0 Å². The third-order valence-electron chi connectivity index (χ3n) is 5.00. The van der Waals surface area contributed by atoms with Crippen molar-refractivity contribution in [3.8, 4) is 0 Å². The van der Waals surface area contributed by atoms with Gasteiger partial charge in [-0.2, -0.15) is 0 Å². The van der Waals surface area contributed by atoms with Gasteiger partial charge in [-0.3, -0.25) is 4.79 Å². The number of nitrogens with one attached hydrogen (secondary N) is 2. The summed E-state index contributed by atoms with van der Waals surface area (Å²) in [5.41, 5.74) is 1.33. The number of hydrogen-bond donors (Lipinski definition) is 2. The first-order chi connectivity index (χ1) is 13.5. The van der Waals surface area contributed by atoms with Crippen molar-refractivity contribution >= 4 is 23.5 Å². The van der Waals surface area contributed by atoms with E-state index < -0.39 is 0 Å². The van der Waals surface area contributed by atoms with Crippen molar-refractivity contribution in [2.24, 2.45) is 4.99 Å². The van der Waals surface area contributed by atoms with Crippen LogP contribution in [0, 0.1) is 0 Å². The van der Waals surface area contributed by atoms with Crippen LogP contribution in [-0.4, -0.2) is 50.5 Å². The number of guanidine groups is 1. The highest BCUT2D eigenvalue weighted by atomic mass is 35.5. The summed E-state index contributed by atoms with van der Waals surface area (Å²) in [6.07, 6.45) is 4.63. The van der Waals surface area contributed by atoms with Crippen molar-refractivity contribution in [1.29, 1.82) is 0 Å². The van der Waals surface area contributed by atoms with E-state index in [4.69, 9.17) is 16.0 Å². The number of benzene rings is 1. The monoisotopic (exact) mass is 402 g/mol. The van der Waals surface area contributed by atoms with Crippen LogP contribution in [0.4, 0.5) is 0 Å². The summed E-state index contributed by atoms with van der Waals surface area (Å²) in [6.45, 7) is 1.52. The number of carbonyl (C=O) groups excluding carboxylic acids is 1. The second kappa shape index (κ2) is 9.15. The molecule has 0 unspecified atom stereocenters. The lowest BCUT2D eigenvalue weighted by Crippen LogP contribution is -2.42. The fraction of sp³-hybridized carbons (Fsp3) is 0.429. The van der Waals surface area contributed by atoms with Gasteiger partial charge in [0.05, 0.1) is 6.26 Å². The van der Waals surface area contributed by atoms with Crippen LogP contribution in [0.25, 0.3) is 0 Å². The van der Waals surface area contributed by atoms with Gasteiger partial charge in [0, 0.05) is 44.0 Å². The van der Waals surface area contributed by atoms with Crippen LogP contribution < -0.4 is 10.6 Å². The number of aliphatic imine (C=N–C) groups is 1. The van der Waals surface area contributed by atoms with Gasteiger partial charge >= 0.3 is 0 Å². The van der Waals surface area contributed by atoms with Crippen molar-refractivity contribution in [1.82, 2.24) is 15.5 Å². The molecular weight excluding hydrogens is 376 g/mol. The van der Waals surface area contributed by atoms with Gasteiger partial charge < -0.3 is 20.0 Å². The molecule has 1 saturated carbocycles. The fourth-order valence-corrected chi connectivity index (χ4v) is 3.20. The number of carbonyl (C=O) groups is 1. The number of hydrogen-bond acceptors (Lipinski definition) is 3. The molecule has 1 aromatic carbocycles. The second-order valence-corrected chi connectivity index (χ2v) is 7.79. The molecular formula is C21H27ClN4O2. The van der Waals surface area contributed by atoms with Crippen molar-refractivity contribution in [2.75, 3.05) is 33.7 Å². The topological polar surface area (TPSA) is 69.9 Å². The summed E-state index contributed by atoms with van der Waals surface area (Å²) < 4.78 is 5.36. The van der Waals surface area contributed by atoms with Crippen LogP contribution in [0.5, 0.6) is 0 Å². The smallest absolute Gasteiger partial charge is 0.243 e. The Morgan fingerprint density at radius 1 is 1.25 bits per heavy atom. The van der Waals surface area contributed by atoms with E-state index in [9.17, 15) is 4.79 Å². The average Bonchev–Trinajstić information content (AvgIpc) is 3.29. The normalized spacial score (nSPS) is 15.2. The van der Waals surface area contributed by atoms with E-state index in [1.807, 2.05) is 30.3 Å². The fourth-order valence-electron chi connectivity index (χ4n) is 3.01. The summed E-state index contributed by atoms with van der Waals surface area (Å²) in [5.74, 6) is 1.51. The molecule has 3 rings (SSSR count). The van der Waals surface area contributed by atoms with Crippen LogP contribution in [0.2, 0.25) is 5.02 Å². The predicted molar refractivity (Wildman–Crippen MR) is 112 cm³/mol. The summed E-state index contributed by atoms with van der Waals surface area (Å²) in [5, 5.41) is 7.46. The minimum atomic E-state index is -0.0388. The molecule has 1 aliphatic carbocycles. The lowest BCUT2D eigenvalue weighted by Gasteiger charge is -2.20. The molecule has 1 aliphatic rings. The number of rotatable bonds is 8. The molecule has 0 spiro atoms. The maximum atomic E-state index is 11.9. The maximum absolute atomic E-state index is 11.9. The average molecular weight is 403 g/mol. The molecule has 1 aromatic heterocycles. The molecule has 150 valence electrons. The second-order valence-electron chi connectivity index (χ2n) is 7.35. The number of likely N-dealkylation sites (N-methyl/N-ethyl adjacent to an activating group) is 1. The minimum Gasteiger partial charge on any atom is -0.469 e. The quantitative estimate of drug-likeness (QED) is 0.526. The third kappa shape index (κ3) is 5.52. The standard InChI is InChI=1S/C21H27ClN4O2/c1-26(2)19(27)14-24-20(23-11-8-18-7-4-12-28-18)25-15-21(9-10-21)16-5-3-6-17(22)13-16/h3-7,12-13H,8-11,14-15H2,1-2H3,(H2,23,24,25). The van der Waals surface area contributed by atoms with Gasteiger partial charge in [-0.15, -0.1) is 0 Å². The molecule has 0 radical (unpaired) electrons. The number of nitrogens with zero attached hydrogens (tertiary/aromatic N) is 2. The molecule has 0 saturated heterocycles. The van der Waals surface area contributed by atoms with Crippen molar-refractivity contribution < 1.29 is 9.21 Å². The molecule has 28 heavy (non-hydrogen) atoms. The SMILES string of the molecule is CN(C)C(=O)CN=C(NCCc1ccco1)NCC1(c2cccc(Cl)c2)CC1. The van der Waals surface area contributed by atoms with E-state index in [-0.39, 0.29) is 17.9 Å². The maximum Gasteiger partial charge on any atom is 0.243 e. The minimum absolute atomic E-state index is 0.0388. The first kappa shape index (κ1) is 20.3. The Labute approximate surface area is 171 Å². The van der Waals surface area contributed by atoms with E-state index in [0.29, 0.717) is 12.5 Å². The highest BCUT2D eigenvalue weighted by Crippen LogP contribution is 2.48. The molecule has 0 aliphatic heterocycles. The Morgan fingerprint density at radius 3 is 2.71 bits per heavy atom. The summed E-state index contributed by atoms with van der Waals surface area (Å²) >= 11 is 6.17. The predicted octanol–water partition coefficient (Wildman–Crippen LogP) is 2.83. The Hall–Kier alpha value is -2.47. The Bertz CT molecular complexity index is 814. The van der Waals surface area contributed by atoms with Crippen LogP contribution in [0.3, 0.4) is 0 Å². The lowest BCUT2D eigenvalue weighted by molar-refractivity contribution is -0.127. The van der Waals surface area contributed by atoms with Gasteiger partial charge in [0.2, 0.25) is 5.91 Å². The van der Waals surface area contributed by atoms with E-state index in [1.54, 1.807) is 20.4 Å². The third-order valence-corrected chi connectivity index (χ3v) is 5.24. The van der Waals surface area contributed by atoms with Crippen molar-refractivity contribution in [3.63, 3.8) is 0 Å². The Morgan fingerprint density at radius 2 is 2.07 bits per heavy atom. The zero-order chi connectivity index (χ0) is 20.0. The molecule has 0 atom stereocenters. The molecule has 1 heterocycles. The van der Waals surface area contributed by atoms with Crippen molar-refractivity contribution in [2.45, 2.75) is 24.7 Å². The molecule has 1 fully saturated rings. The number of furan rings is 1. The molecule has 1 amide bonds. The van der Waals surface area contributed by atoms with E-state index in [0.717, 1.165) is 36.6 Å². The van der Waals surface area contributed by atoms with Crippen LogP contribution in [0.1, 0.15) is 24.2 Å². The first-order valence-electron chi connectivity index (χ1n) is 9.49. The summed E-state index contributed by atoms with van der Waals surface area (Å²) in [7, 11) is 3.46. The number of halogens is 1. The van der Waals surface area contributed by atoms with Gasteiger partial charge in [0.1, 0.15) is 12.3 Å². The first-order valence-corrected chi connectivity index (χ1v) is 9.87. The molecule has 6 nitrogen and oxygen atoms in total. The zero-order valence-corrected chi connectivity index (χ0v) is 17.1. The van der Waals surface area contributed by atoms with Gasteiger partial charge in [0.15, 0.2) is 5.96 Å². The number of amides is 1. The van der Waals surface area contributed by atoms with Crippen molar-refractivity contribution in [3.05, 3.63) is 59.0 Å². The summed E-state index contributed by atoms with van der Waals surface area (Å²) in [6, 6.07) is 11.9. The van der Waals surface area contributed by atoms with E-state index in [2.05, 4.69) is 21.7 Å². The zero-order valence-electron chi connectivity index (χ0n) is 16.4. The van der Waals surface area contributed by atoms with Gasteiger partial charge in [-0.05, 0) is 42.7 Å². The van der Waals surface area contributed by atoms with Crippen LogP contribution >= 0.6 is 11.6 Å². The van der Waals surface area contributed by atoms with Gasteiger partial charge in [0.25, 0.3) is 0 Å². The Kier molecular flexibility index (Phi) is 6.62. The van der Waals surface area contributed by atoms with Gasteiger partial charge in [-0.1, -0.05) is 23.7 Å². The lowest BCUT2D eigenvalue weighted by atomic mass is 9.96. The highest BCUT2D eigenvalue weighted by Gasteiger charge is 2.44.